The van der Waals surface area contributed by atoms with Gasteiger partial charge in [-0.1, -0.05) is 0 Å². The Labute approximate surface area is 110 Å². The number of methoxy groups -OCH3 is 1. The molecule has 0 aliphatic heterocycles. The van der Waals surface area contributed by atoms with E-state index in [2.05, 4.69) is 20.5 Å². The summed E-state index contributed by atoms with van der Waals surface area (Å²) in [6.07, 6.45) is 2.90. The predicted octanol–water partition coefficient (Wildman–Crippen LogP) is -0.481. The summed E-state index contributed by atoms with van der Waals surface area (Å²) in [4.78, 5) is 33.5. The monoisotopic (exact) mass is 268 g/mol. The molecular weight excluding hydrogens is 252 g/mol. The summed E-state index contributed by atoms with van der Waals surface area (Å²) in [7, 11) is 1.28. The number of ether oxygens (including phenoxy) is 1. The van der Waals surface area contributed by atoms with E-state index in [1.807, 2.05) is 0 Å². The van der Waals surface area contributed by atoms with E-state index in [4.69, 9.17) is 0 Å². The molecule has 1 rings (SSSR count). The van der Waals surface area contributed by atoms with E-state index in [-0.39, 0.29) is 18.4 Å². The minimum absolute atomic E-state index is 0.0341. The number of aromatic nitrogens is 2. The summed E-state index contributed by atoms with van der Waals surface area (Å²) in [6.45, 7) is 2.86. The molecule has 2 N–H and O–H groups in total. The van der Waals surface area contributed by atoms with Crippen LogP contribution in [0.1, 0.15) is 13.8 Å². The highest BCUT2D eigenvalue weighted by atomic mass is 16.5. The number of hydrogen-bond donors (Lipinski definition) is 2. The lowest BCUT2D eigenvalue weighted by atomic mass is 10.3. The summed E-state index contributed by atoms with van der Waals surface area (Å²) in [6, 6.07) is -0.651. The fourth-order valence-electron chi connectivity index (χ4n) is 1.33. The van der Waals surface area contributed by atoms with Crippen molar-refractivity contribution in [3.05, 3.63) is 12.4 Å². The largest absolute Gasteiger partial charge is 0.468 e. The molecule has 19 heavy (non-hydrogen) atoms. The third kappa shape index (κ3) is 4.78. The smallest absolute Gasteiger partial charge is 0.327 e. The van der Waals surface area contributed by atoms with E-state index >= 15 is 0 Å². The second-order valence-electron chi connectivity index (χ2n) is 3.91. The Balaban J connectivity index is 2.55. The van der Waals surface area contributed by atoms with Gasteiger partial charge in [0.25, 0.3) is 0 Å². The van der Waals surface area contributed by atoms with Crippen LogP contribution in [0.3, 0.4) is 0 Å². The van der Waals surface area contributed by atoms with Crippen molar-refractivity contribution in [3.8, 4) is 0 Å². The zero-order valence-corrected chi connectivity index (χ0v) is 11.0. The molecule has 0 bridgehead atoms. The van der Waals surface area contributed by atoms with E-state index in [1.165, 1.54) is 31.1 Å². The molecule has 0 saturated carbocycles. The molecule has 0 aromatic carbocycles. The molecule has 0 aliphatic carbocycles. The standard InChI is InChI=1S/C11H16N4O4/c1-7(13-8(2)16)11(18)14-9-4-12-15(5-9)6-10(17)19-3/h4-5,7H,6H2,1-3H3,(H,13,16)(H,14,18). The van der Waals surface area contributed by atoms with Crippen molar-refractivity contribution in [3.63, 3.8) is 0 Å². The van der Waals surface area contributed by atoms with Gasteiger partial charge in [0.15, 0.2) is 0 Å². The maximum atomic E-state index is 11.7. The fourth-order valence-corrected chi connectivity index (χ4v) is 1.33. The molecule has 8 nitrogen and oxygen atoms in total. The molecule has 0 fully saturated rings. The van der Waals surface area contributed by atoms with Crippen molar-refractivity contribution in [2.24, 2.45) is 0 Å². The Hall–Kier alpha value is -2.38. The number of esters is 1. The Morgan fingerprint density at radius 2 is 2.16 bits per heavy atom. The molecule has 1 heterocycles. The van der Waals surface area contributed by atoms with Gasteiger partial charge in [0.1, 0.15) is 12.6 Å². The molecule has 0 spiro atoms. The van der Waals surface area contributed by atoms with Crippen LogP contribution in [0.4, 0.5) is 5.69 Å². The third-order valence-electron chi connectivity index (χ3n) is 2.23. The number of carbonyl (C=O) groups excluding carboxylic acids is 3. The van der Waals surface area contributed by atoms with E-state index in [9.17, 15) is 14.4 Å². The third-order valence-corrected chi connectivity index (χ3v) is 2.23. The Kier molecular flexibility index (Phi) is 5.04. The molecule has 0 saturated heterocycles. The normalized spacial score (nSPS) is 11.5. The van der Waals surface area contributed by atoms with E-state index < -0.39 is 12.0 Å². The van der Waals surface area contributed by atoms with Gasteiger partial charge in [-0.25, -0.2) is 0 Å². The van der Waals surface area contributed by atoms with Crippen LogP contribution in [-0.2, 0) is 25.7 Å². The SMILES string of the molecule is COC(=O)Cn1cc(NC(=O)C(C)NC(C)=O)cn1. The van der Waals surface area contributed by atoms with Gasteiger partial charge in [0.05, 0.1) is 19.0 Å². The topological polar surface area (TPSA) is 102 Å². The van der Waals surface area contributed by atoms with Gasteiger partial charge in [0.2, 0.25) is 11.8 Å². The van der Waals surface area contributed by atoms with Gasteiger partial charge < -0.3 is 15.4 Å². The Bertz CT molecular complexity index is 483. The van der Waals surface area contributed by atoms with Crippen LogP contribution >= 0.6 is 0 Å². The van der Waals surface area contributed by atoms with E-state index in [0.29, 0.717) is 5.69 Å². The molecular formula is C11H16N4O4. The first-order valence-corrected chi connectivity index (χ1v) is 5.59. The fraction of sp³-hybridized carbons (Fsp3) is 0.455. The molecule has 0 aliphatic rings. The van der Waals surface area contributed by atoms with Gasteiger partial charge >= 0.3 is 5.97 Å². The number of carbonyl (C=O) groups is 3. The predicted molar refractivity (Wildman–Crippen MR) is 66.2 cm³/mol. The first kappa shape index (κ1) is 14.7. The number of rotatable bonds is 5. The quantitative estimate of drug-likeness (QED) is 0.702. The van der Waals surface area contributed by atoms with Crippen LogP contribution in [0.25, 0.3) is 0 Å². The van der Waals surface area contributed by atoms with Crippen molar-refractivity contribution in [1.29, 1.82) is 0 Å². The lowest BCUT2D eigenvalue weighted by Gasteiger charge is -2.11. The minimum Gasteiger partial charge on any atom is -0.468 e. The van der Waals surface area contributed by atoms with Crippen LogP contribution in [0.5, 0.6) is 0 Å². The molecule has 1 aromatic heterocycles. The Morgan fingerprint density at radius 1 is 1.47 bits per heavy atom. The highest BCUT2D eigenvalue weighted by Gasteiger charge is 2.14. The first-order valence-electron chi connectivity index (χ1n) is 5.59. The summed E-state index contributed by atoms with van der Waals surface area (Å²) in [5, 5.41) is 8.92. The highest BCUT2D eigenvalue weighted by Crippen LogP contribution is 2.05. The summed E-state index contributed by atoms with van der Waals surface area (Å²) in [5.74, 6) is -1.09. The van der Waals surface area contributed by atoms with Gasteiger partial charge in [0, 0.05) is 13.1 Å². The number of nitrogens with one attached hydrogen (secondary N) is 2. The molecule has 2 amide bonds. The van der Waals surface area contributed by atoms with Crippen LogP contribution in [0, 0.1) is 0 Å². The number of anilines is 1. The summed E-state index contributed by atoms with van der Waals surface area (Å²) < 4.78 is 5.83. The molecule has 1 aromatic rings. The molecule has 8 heteroatoms. The van der Waals surface area contributed by atoms with Gasteiger partial charge in [-0.3, -0.25) is 19.1 Å². The van der Waals surface area contributed by atoms with Crippen LogP contribution < -0.4 is 10.6 Å². The molecule has 1 atom stereocenters. The lowest BCUT2D eigenvalue weighted by Crippen LogP contribution is -2.40. The first-order chi connectivity index (χ1) is 8.92. The average Bonchev–Trinajstić information content (AvgIpc) is 2.75. The number of nitrogens with zero attached hydrogens (tertiary/aromatic N) is 2. The zero-order chi connectivity index (χ0) is 14.4. The van der Waals surface area contributed by atoms with Crippen molar-refractivity contribution in [2.75, 3.05) is 12.4 Å². The molecule has 0 radical (unpaired) electrons. The van der Waals surface area contributed by atoms with Gasteiger partial charge in [-0.2, -0.15) is 5.10 Å². The van der Waals surface area contributed by atoms with Crippen LogP contribution in [0.2, 0.25) is 0 Å². The molecule has 1 unspecified atom stereocenters. The van der Waals surface area contributed by atoms with Crippen LogP contribution in [-0.4, -0.2) is 40.7 Å². The highest BCUT2D eigenvalue weighted by molar-refractivity contribution is 5.96. The second kappa shape index (κ2) is 6.53. The summed E-state index contributed by atoms with van der Waals surface area (Å²) >= 11 is 0. The average molecular weight is 268 g/mol. The summed E-state index contributed by atoms with van der Waals surface area (Å²) in [5.41, 5.74) is 0.436. The van der Waals surface area contributed by atoms with Crippen molar-refractivity contribution < 1.29 is 19.1 Å². The maximum absolute atomic E-state index is 11.7. The number of hydrogen-bond acceptors (Lipinski definition) is 5. The van der Waals surface area contributed by atoms with Gasteiger partial charge in [-0.05, 0) is 6.92 Å². The van der Waals surface area contributed by atoms with E-state index in [0.717, 1.165) is 0 Å². The maximum Gasteiger partial charge on any atom is 0.327 e. The van der Waals surface area contributed by atoms with Crippen molar-refractivity contribution in [2.45, 2.75) is 26.4 Å². The van der Waals surface area contributed by atoms with Gasteiger partial charge in [-0.15, -0.1) is 0 Å². The van der Waals surface area contributed by atoms with E-state index in [1.54, 1.807) is 6.92 Å². The zero-order valence-electron chi connectivity index (χ0n) is 11.0. The van der Waals surface area contributed by atoms with Crippen molar-refractivity contribution in [1.82, 2.24) is 15.1 Å². The minimum atomic E-state index is -0.651. The van der Waals surface area contributed by atoms with Crippen LogP contribution in [0.15, 0.2) is 12.4 Å². The van der Waals surface area contributed by atoms with Crippen molar-refractivity contribution >= 4 is 23.5 Å². The number of amides is 2. The second-order valence-corrected chi connectivity index (χ2v) is 3.91. The Morgan fingerprint density at radius 3 is 2.74 bits per heavy atom. The molecule has 104 valence electrons. The lowest BCUT2D eigenvalue weighted by molar-refractivity contribution is -0.141.